The zero-order valence-corrected chi connectivity index (χ0v) is 21.5. The second-order valence-electron chi connectivity index (χ2n) is 9.20. The van der Waals surface area contributed by atoms with Crippen molar-refractivity contribution in [2.75, 3.05) is 39.1 Å². The minimum atomic E-state index is 0.286. The number of hydrogen-bond acceptors (Lipinski definition) is 5. The molecule has 0 aliphatic carbocycles. The molecule has 1 aliphatic heterocycles. The van der Waals surface area contributed by atoms with Crippen LogP contribution in [0.15, 0.2) is 59.6 Å². The van der Waals surface area contributed by atoms with Crippen molar-refractivity contribution in [1.82, 2.24) is 9.88 Å². The van der Waals surface area contributed by atoms with E-state index in [9.17, 15) is 5.11 Å². The molecule has 3 aromatic rings. The predicted molar refractivity (Wildman–Crippen MR) is 143 cm³/mol. The van der Waals surface area contributed by atoms with E-state index in [1.54, 1.807) is 7.11 Å². The third-order valence-electron chi connectivity index (χ3n) is 6.95. The predicted octanol–water partition coefficient (Wildman–Crippen LogP) is 6.33. The Morgan fingerprint density at radius 2 is 2.06 bits per heavy atom. The number of halogens is 1. The Hall–Kier alpha value is -1.79. The first-order chi connectivity index (χ1) is 16.7. The Balaban J connectivity index is 1.22. The second kappa shape index (κ2) is 12.8. The van der Waals surface area contributed by atoms with Gasteiger partial charge in [0.05, 0.1) is 12.6 Å². The van der Waals surface area contributed by atoms with E-state index in [-0.39, 0.29) is 6.61 Å². The van der Waals surface area contributed by atoms with Crippen molar-refractivity contribution in [2.45, 2.75) is 37.0 Å². The number of thioether (sulfide) groups is 1. The SMILES string of the molecule is COc1ccc2nccc(CCC[C@@H]3CCN(CCCSc4cccc(Cl)c4)C[C@@H]3CO)c2c1. The fourth-order valence-electron chi connectivity index (χ4n) is 5.06. The van der Waals surface area contributed by atoms with Crippen LogP contribution in [-0.4, -0.2) is 54.1 Å². The van der Waals surface area contributed by atoms with Crippen molar-refractivity contribution in [1.29, 1.82) is 0 Å². The summed E-state index contributed by atoms with van der Waals surface area (Å²) in [7, 11) is 1.71. The molecule has 0 spiro atoms. The number of ether oxygens (including phenoxy) is 1. The summed E-state index contributed by atoms with van der Waals surface area (Å²) in [6.07, 6.45) is 7.57. The van der Waals surface area contributed by atoms with E-state index >= 15 is 0 Å². The zero-order chi connectivity index (χ0) is 23.8. The summed E-state index contributed by atoms with van der Waals surface area (Å²) in [6, 6.07) is 16.3. The molecule has 1 aliphatic rings. The smallest absolute Gasteiger partial charge is 0.119 e. The van der Waals surface area contributed by atoms with Gasteiger partial charge in [-0.3, -0.25) is 4.98 Å². The molecule has 1 aromatic heterocycles. The lowest BCUT2D eigenvalue weighted by atomic mass is 9.82. The minimum absolute atomic E-state index is 0.286. The third-order valence-corrected chi connectivity index (χ3v) is 8.27. The topological polar surface area (TPSA) is 45.6 Å². The van der Waals surface area contributed by atoms with Crippen molar-refractivity contribution >= 4 is 34.3 Å². The summed E-state index contributed by atoms with van der Waals surface area (Å²) in [6.45, 7) is 3.53. The van der Waals surface area contributed by atoms with Crippen LogP contribution in [0.2, 0.25) is 5.02 Å². The Bertz CT molecular complexity index is 1060. The Kier molecular flexibility index (Phi) is 9.51. The molecule has 2 atom stereocenters. The number of rotatable bonds is 11. The summed E-state index contributed by atoms with van der Waals surface area (Å²) in [5.74, 6) is 2.95. The van der Waals surface area contributed by atoms with Gasteiger partial charge in [-0.1, -0.05) is 17.7 Å². The van der Waals surface area contributed by atoms with Crippen LogP contribution in [-0.2, 0) is 6.42 Å². The van der Waals surface area contributed by atoms with Crippen LogP contribution in [0.3, 0.4) is 0 Å². The van der Waals surface area contributed by atoms with Gasteiger partial charge in [-0.25, -0.2) is 0 Å². The number of aromatic nitrogens is 1. The first-order valence-electron chi connectivity index (χ1n) is 12.3. The molecule has 2 aromatic carbocycles. The molecular weight excluding hydrogens is 464 g/mol. The first kappa shape index (κ1) is 25.3. The summed E-state index contributed by atoms with van der Waals surface area (Å²) in [4.78, 5) is 8.28. The van der Waals surface area contributed by atoms with E-state index in [1.165, 1.54) is 22.3 Å². The van der Waals surface area contributed by atoms with Crippen molar-refractivity contribution in [3.63, 3.8) is 0 Å². The summed E-state index contributed by atoms with van der Waals surface area (Å²) >= 11 is 7.95. The number of fused-ring (bicyclic) bond motifs is 1. The van der Waals surface area contributed by atoms with Crippen LogP contribution in [0.4, 0.5) is 0 Å². The molecule has 1 fully saturated rings. The quantitative estimate of drug-likeness (QED) is 0.247. The highest BCUT2D eigenvalue weighted by Crippen LogP contribution is 2.30. The highest BCUT2D eigenvalue weighted by atomic mass is 35.5. The van der Waals surface area contributed by atoms with Crippen LogP contribution < -0.4 is 4.74 Å². The van der Waals surface area contributed by atoms with Crippen molar-refractivity contribution in [3.05, 3.63) is 65.3 Å². The van der Waals surface area contributed by atoms with Gasteiger partial charge in [0.25, 0.3) is 0 Å². The van der Waals surface area contributed by atoms with Crippen molar-refractivity contribution in [3.8, 4) is 5.75 Å². The summed E-state index contributed by atoms with van der Waals surface area (Å²) in [5, 5.41) is 12.1. The highest BCUT2D eigenvalue weighted by molar-refractivity contribution is 7.99. The van der Waals surface area contributed by atoms with Crippen LogP contribution in [0, 0.1) is 11.8 Å². The van der Waals surface area contributed by atoms with Crippen LogP contribution >= 0.6 is 23.4 Å². The van der Waals surface area contributed by atoms with Gasteiger partial charge in [0, 0.05) is 34.7 Å². The van der Waals surface area contributed by atoms with Crippen molar-refractivity contribution in [2.24, 2.45) is 11.8 Å². The number of methoxy groups -OCH3 is 1. The lowest BCUT2D eigenvalue weighted by Crippen LogP contribution is -2.42. The number of likely N-dealkylation sites (tertiary alicyclic amines) is 1. The lowest BCUT2D eigenvalue weighted by molar-refractivity contribution is 0.0677. The van der Waals surface area contributed by atoms with Crippen molar-refractivity contribution < 1.29 is 9.84 Å². The van der Waals surface area contributed by atoms with Gasteiger partial charge in [-0.2, -0.15) is 0 Å². The molecule has 4 nitrogen and oxygen atoms in total. The molecule has 0 bridgehead atoms. The van der Waals surface area contributed by atoms with Gasteiger partial charge >= 0.3 is 0 Å². The summed E-state index contributed by atoms with van der Waals surface area (Å²) < 4.78 is 5.41. The van der Waals surface area contributed by atoms with E-state index in [0.717, 1.165) is 67.4 Å². The standard InChI is InChI=1S/C28H35ClN2O2S/c1-33-25-9-10-28-27(18-25)22(11-13-30-28)6-2-5-21-12-15-31(19-23(21)20-32)14-4-16-34-26-8-3-7-24(29)17-26/h3,7-11,13,17-18,21,23,32H,2,4-6,12,14-16,19-20H2,1H3/t21-,23-/m1/s1. The number of nitrogens with zero attached hydrogens (tertiary/aromatic N) is 2. The molecule has 0 radical (unpaired) electrons. The average molecular weight is 499 g/mol. The van der Waals surface area contributed by atoms with E-state index in [1.807, 2.05) is 48.3 Å². The number of aliphatic hydroxyl groups is 1. The van der Waals surface area contributed by atoms with E-state index in [0.29, 0.717) is 11.8 Å². The van der Waals surface area contributed by atoms with Gasteiger partial charge in [0.2, 0.25) is 0 Å². The van der Waals surface area contributed by atoms with E-state index < -0.39 is 0 Å². The molecule has 0 amide bonds. The molecule has 6 heteroatoms. The molecule has 0 saturated carbocycles. The number of hydrogen-bond donors (Lipinski definition) is 1. The minimum Gasteiger partial charge on any atom is -0.497 e. The average Bonchev–Trinajstić information content (AvgIpc) is 2.87. The number of pyridine rings is 1. The Morgan fingerprint density at radius 3 is 2.88 bits per heavy atom. The van der Waals surface area contributed by atoms with Gasteiger partial charge in [-0.05, 0) is 111 Å². The largest absolute Gasteiger partial charge is 0.497 e. The normalized spacial score (nSPS) is 18.9. The fraction of sp³-hybridized carbons (Fsp3) is 0.464. The first-order valence-corrected chi connectivity index (χ1v) is 13.7. The number of piperidine rings is 1. The molecule has 1 saturated heterocycles. The second-order valence-corrected chi connectivity index (χ2v) is 10.8. The molecule has 34 heavy (non-hydrogen) atoms. The number of benzene rings is 2. The van der Waals surface area contributed by atoms with E-state index in [2.05, 4.69) is 28.1 Å². The Labute approximate surface area is 212 Å². The Morgan fingerprint density at radius 1 is 1.15 bits per heavy atom. The number of aryl methyl sites for hydroxylation is 1. The maximum absolute atomic E-state index is 10.1. The van der Waals surface area contributed by atoms with E-state index in [4.69, 9.17) is 16.3 Å². The van der Waals surface area contributed by atoms with Crippen LogP contribution in [0.1, 0.15) is 31.2 Å². The molecular formula is C28H35ClN2O2S. The molecule has 1 N–H and O–H groups in total. The van der Waals surface area contributed by atoms with Gasteiger partial charge in [0.1, 0.15) is 5.75 Å². The fourth-order valence-corrected chi connectivity index (χ4v) is 6.21. The van der Waals surface area contributed by atoms with Gasteiger partial charge in [0.15, 0.2) is 0 Å². The lowest BCUT2D eigenvalue weighted by Gasteiger charge is -2.38. The molecule has 182 valence electrons. The molecule has 0 unspecified atom stereocenters. The third kappa shape index (κ3) is 6.88. The summed E-state index contributed by atoms with van der Waals surface area (Å²) in [5.41, 5.74) is 2.35. The van der Waals surface area contributed by atoms with Gasteiger partial charge in [-0.15, -0.1) is 11.8 Å². The van der Waals surface area contributed by atoms with Crippen LogP contribution in [0.5, 0.6) is 5.75 Å². The molecule has 4 rings (SSSR count). The maximum Gasteiger partial charge on any atom is 0.119 e. The maximum atomic E-state index is 10.1. The van der Waals surface area contributed by atoms with Gasteiger partial charge < -0.3 is 14.7 Å². The number of aliphatic hydroxyl groups excluding tert-OH is 1. The monoisotopic (exact) mass is 498 g/mol. The zero-order valence-electron chi connectivity index (χ0n) is 20.0. The van der Waals surface area contributed by atoms with Crippen LogP contribution in [0.25, 0.3) is 10.9 Å². The highest BCUT2D eigenvalue weighted by Gasteiger charge is 2.28. The molecule has 2 heterocycles.